The van der Waals surface area contributed by atoms with E-state index in [-0.39, 0.29) is 6.42 Å². The summed E-state index contributed by atoms with van der Waals surface area (Å²) in [4.78, 5) is 25.7. The van der Waals surface area contributed by atoms with Gasteiger partial charge in [-0.05, 0) is 60.9 Å². The number of benzene rings is 3. The lowest BCUT2D eigenvalue weighted by molar-refractivity contribution is -0.146. The number of para-hydroxylation sites is 1. The molecule has 0 amide bonds. The van der Waals surface area contributed by atoms with Crippen molar-refractivity contribution in [3.05, 3.63) is 108 Å². The molecule has 7 heteroatoms. The van der Waals surface area contributed by atoms with Gasteiger partial charge in [-0.25, -0.2) is 9.97 Å². The van der Waals surface area contributed by atoms with E-state index in [0.717, 1.165) is 44.3 Å². The van der Waals surface area contributed by atoms with Crippen LogP contribution in [0.5, 0.6) is 5.75 Å². The number of carboxylic acids is 1. The molecule has 3 aromatic carbocycles. The molecule has 0 saturated carbocycles. The zero-order valence-corrected chi connectivity index (χ0v) is 23.0. The maximum absolute atomic E-state index is 12.0. The highest BCUT2D eigenvalue weighted by molar-refractivity contribution is 5.85. The molecule has 0 spiro atoms. The van der Waals surface area contributed by atoms with Crippen molar-refractivity contribution >= 4 is 40.2 Å². The summed E-state index contributed by atoms with van der Waals surface area (Å²) in [5, 5.41) is 10.9. The predicted molar refractivity (Wildman–Crippen MR) is 160 cm³/mol. The lowest BCUT2D eigenvalue weighted by Gasteiger charge is -2.19. The Hall–Kier alpha value is -4.78. The first-order valence-corrected chi connectivity index (χ1v) is 13.1. The number of nitrogens with zero attached hydrogens (tertiary/aromatic N) is 4. The molecule has 0 aliphatic carbocycles. The molecule has 202 valence electrons. The summed E-state index contributed by atoms with van der Waals surface area (Å²) in [6, 6.07) is 24.0. The molecular weight excluding hydrogens is 500 g/mol. The predicted octanol–water partition coefficient (Wildman–Crippen LogP) is 6.56. The molecule has 40 heavy (non-hydrogen) atoms. The van der Waals surface area contributed by atoms with Crippen molar-refractivity contribution in [2.75, 3.05) is 7.05 Å². The summed E-state index contributed by atoms with van der Waals surface area (Å²) in [6.07, 6.45) is 3.90. The number of carbonyl (C=O) groups is 1. The Balaban J connectivity index is 1.47. The van der Waals surface area contributed by atoms with Crippen molar-refractivity contribution in [2.45, 2.75) is 33.4 Å². The highest BCUT2D eigenvalue weighted by Crippen LogP contribution is 2.29. The van der Waals surface area contributed by atoms with Crippen LogP contribution in [0, 0.1) is 5.41 Å². The van der Waals surface area contributed by atoms with Crippen LogP contribution >= 0.6 is 0 Å². The van der Waals surface area contributed by atoms with E-state index in [0.29, 0.717) is 24.7 Å². The first kappa shape index (κ1) is 26.8. The summed E-state index contributed by atoms with van der Waals surface area (Å²) >= 11 is 0. The van der Waals surface area contributed by atoms with Crippen LogP contribution < -0.4 is 4.74 Å². The molecule has 0 radical (unpaired) electrons. The third-order valence-electron chi connectivity index (χ3n) is 7.00. The average Bonchev–Trinajstić information content (AvgIpc) is 3.27. The average molecular weight is 533 g/mol. The molecule has 0 aliphatic rings. The van der Waals surface area contributed by atoms with Gasteiger partial charge in [0, 0.05) is 37.7 Å². The minimum absolute atomic E-state index is 0.281. The van der Waals surface area contributed by atoms with E-state index < -0.39 is 11.4 Å². The third-order valence-corrected chi connectivity index (χ3v) is 7.00. The fourth-order valence-electron chi connectivity index (χ4n) is 4.72. The van der Waals surface area contributed by atoms with Crippen LogP contribution in [0.2, 0.25) is 0 Å². The fraction of sp³-hybridized carbons (Fsp3) is 0.212. The largest absolute Gasteiger partial charge is 0.487 e. The fourth-order valence-corrected chi connectivity index (χ4v) is 4.72. The van der Waals surface area contributed by atoms with Crippen molar-refractivity contribution in [3.8, 4) is 5.75 Å². The van der Waals surface area contributed by atoms with Crippen molar-refractivity contribution in [2.24, 2.45) is 10.4 Å². The number of hydrogen-bond donors (Lipinski definition) is 1. The second-order valence-electron chi connectivity index (χ2n) is 10.5. The Morgan fingerprint density at radius 2 is 1.85 bits per heavy atom. The third kappa shape index (κ3) is 5.64. The van der Waals surface area contributed by atoms with E-state index in [9.17, 15) is 9.90 Å². The molecule has 5 aromatic rings. The highest BCUT2D eigenvalue weighted by Gasteiger charge is 2.30. The van der Waals surface area contributed by atoms with Gasteiger partial charge in [0.2, 0.25) is 0 Å². The summed E-state index contributed by atoms with van der Waals surface area (Å²) in [5.74, 6) is 0.513. The molecule has 0 aliphatic heterocycles. The lowest BCUT2D eigenvalue weighted by Crippen LogP contribution is -2.27. The molecule has 2 aromatic heterocycles. The van der Waals surface area contributed by atoms with Gasteiger partial charge in [0.15, 0.2) is 0 Å². The lowest BCUT2D eigenvalue weighted by atomic mass is 9.89. The Kier molecular flexibility index (Phi) is 7.47. The molecule has 0 bridgehead atoms. The van der Waals surface area contributed by atoms with Crippen molar-refractivity contribution in [3.63, 3.8) is 0 Å². The number of rotatable bonds is 10. The van der Waals surface area contributed by atoms with E-state index in [1.807, 2.05) is 73.0 Å². The second kappa shape index (κ2) is 11.1. The Morgan fingerprint density at radius 1 is 1.02 bits per heavy atom. The number of fused-ring (bicyclic) bond motifs is 2. The van der Waals surface area contributed by atoms with E-state index in [1.165, 1.54) is 0 Å². The first-order chi connectivity index (χ1) is 19.3. The molecular formula is C33H32N4O3. The zero-order valence-electron chi connectivity index (χ0n) is 23.0. The van der Waals surface area contributed by atoms with Gasteiger partial charge < -0.3 is 14.4 Å². The molecule has 0 unspecified atom stereocenters. The molecule has 0 fully saturated rings. The van der Waals surface area contributed by atoms with Gasteiger partial charge >= 0.3 is 5.97 Å². The molecule has 0 saturated heterocycles. The van der Waals surface area contributed by atoms with Gasteiger partial charge in [-0.2, -0.15) is 0 Å². The van der Waals surface area contributed by atoms with Gasteiger partial charge in [-0.3, -0.25) is 9.79 Å². The number of aromatic nitrogens is 3. The van der Waals surface area contributed by atoms with Crippen LogP contribution in [0.25, 0.3) is 28.0 Å². The second-order valence-corrected chi connectivity index (χ2v) is 10.5. The smallest absolute Gasteiger partial charge is 0.309 e. The van der Waals surface area contributed by atoms with Crippen LogP contribution in [-0.4, -0.2) is 38.9 Å². The van der Waals surface area contributed by atoms with E-state index in [1.54, 1.807) is 20.9 Å². The van der Waals surface area contributed by atoms with Crippen molar-refractivity contribution in [1.29, 1.82) is 0 Å². The van der Waals surface area contributed by atoms with Crippen LogP contribution in [-0.2, 0) is 24.4 Å². The maximum atomic E-state index is 12.0. The van der Waals surface area contributed by atoms with E-state index in [4.69, 9.17) is 14.7 Å². The Bertz CT molecular complexity index is 1750. The maximum Gasteiger partial charge on any atom is 0.309 e. The van der Waals surface area contributed by atoms with Gasteiger partial charge in [-0.15, -0.1) is 0 Å². The number of aliphatic carboxylic acids is 1. The minimum Gasteiger partial charge on any atom is -0.487 e. The highest BCUT2D eigenvalue weighted by atomic mass is 16.5. The number of ether oxygens (including phenoxy) is 1. The van der Waals surface area contributed by atoms with Crippen LogP contribution in [0.3, 0.4) is 0 Å². The standard InChI is InChI=1S/C33H32N4O3/c1-5-23-16-22(10-11-25(23)19-34-4)20-37-30-15-14-27(17-29(30)36-31(37)18-33(2,3)32(38)39)40-21-26-13-12-24-8-6-7-9-28(24)35-26/h5-17,19H,1,18,20-21H2,2-4H3,(H,38,39). The van der Waals surface area contributed by atoms with E-state index in [2.05, 4.69) is 28.3 Å². The number of imidazole rings is 1. The van der Waals surface area contributed by atoms with Crippen molar-refractivity contribution < 1.29 is 14.6 Å². The van der Waals surface area contributed by atoms with Gasteiger partial charge in [-0.1, -0.05) is 49.1 Å². The SMILES string of the molecule is C=Cc1cc(Cn2c(CC(C)(C)C(=O)O)nc3cc(OCc4ccc5ccccc5n4)ccc32)ccc1C=NC. The van der Waals surface area contributed by atoms with Gasteiger partial charge in [0.25, 0.3) is 0 Å². The Labute approximate surface area is 233 Å². The molecule has 2 heterocycles. The summed E-state index contributed by atoms with van der Waals surface area (Å²) in [7, 11) is 1.74. The van der Waals surface area contributed by atoms with Gasteiger partial charge in [0.05, 0.1) is 27.7 Å². The monoisotopic (exact) mass is 532 g/mol. The topological polar surface area (TPSA) is 89.6 Å². The van der Waals surface area contributed by atoms with E-state index >= 15 is 0 Å². The summed E-state index contributed by atoms with van der Waals surface area (Å²) < 4.78 is 8.18. The molecule has 7 nitrogen and oxygen atoms in total. The first-order valence-electron chi connectivity index (χ1n) is 13.1. The summed E-state index contributed by atoms with van der Waals surface area (Å²) in [5.41, 5.74) is 5.48. The van der Waals surface area contributed by atoms with Crippen molar-refractivity contribution in [1.82, 2.24) is 14.5 Å². The Morgan fingerprint density at radius 3 is 2.62 bits per heavy atom. The minimum atomic E-state index is -0.978. The molecule has 1 N–H and O–H groups in total. The number of aliphatic imine (C=N–C) groups is 1. The zero-order chi connectivity index (χ0) is 28.3. The summed E-state index contributed by atoms with van der Waals surface area (Å²) in [6.45, 7) is 8.25. The number of hydrogen-bond acceptors (Lipinski definition) is 5. The van der Waals surface area contributed by atoms with Gasteiger partial charge in [0.1, 0.15) is 18.2 Å². The van der Waals surface area contributed by atoms with Crippen LogP contribution in [0.15, 0.2) is 84.4 Å². The van der Waals surface area contributed by atoms with Crippen LogP contribution in [0.1, 0.15) is 42.1 Å². The number of pyridine rings is 1. The molecule has 5 rings (SSSR count). The quantitative estimate of drug-likeness (QED) is 0.206. The normalized spacial score (nSPS) is 11.9. The number of carboxylic acid groups (broad SMARTS) is 1. The van der Waals surface area contributed by atoms with Crippen LogP contribution in [0.4, 0.5) is 0 Å². The molecule has 0 atom stereocenters.